The van der Waals surface area contributed by atoms with E-state index in [4.69, 9.17) is 19.2 Å². The number of para-hydroxylation sites is 1. The molecule has 4 aromatic rings. The van der Waals surface area contributed by atoms with Crippen LogP contribution in [0.3, 0.4) is 0 Å². The molecule has 0 aliphatic heterocycles. The van der Waals surface area contributed by atoms with Crippen LogP contribution >= 0.6 is 0 Å². The molecule has 0 amide bonds. The number of nitrogens with one attached hydrogen (secondary N) is 1. The molecule has 0 fully saturated rings. The van der Waals surface area contributed by atoms with Gasteiger partial charge in [0.1, 0.15) is 5.82 Å². The van der Waals surface area contributed by atoms with E-state index in [1.54, 1.807) is 21.3 Å². The number of hydrogen-bond acceptors (Lipinski definition) is 4. The van der Waals surface area contributed by atoms with Gasteiger partial charge in [-0.3, -0.25) is 0 Å². The lowest BCUT2D eigenvalue weighted by molar-refractivity contribution is 0.324. The average Bonchev–Trinajstić information content (AvgIpc) is 3.19. The SMILES string of the molecule is COc1cc(-c2nc3c(Cc4ccccc4C)cccc3[nH]2)cc(OC)c1OC. The monoisotopic (exact) mass is 388 g/mol. The van der Waals surface area contributed by atoms with Crippen molar-refractivity contribution >= 4 is 11.0 Å². The predicted molar refractivity (Wildman–Crippen MR) is 115 cm³/mol. The van der Waals surface area contributed by atoms with Crippen LogP contribution in [0.15, 0.2) is 54.6 Å². The second-order valence-electron chi connectivity index (χ2n) is 6.92. The Labute approximate surface area is 170 Å². The molecule has 0 bridgehead atoms. The zero-order valence-electron chi connectivity index (χ0n) is 17.1. The Morgan fingerprint density at radius 2 is 1.52 bits per heavy atom. The van der Waals surface area contributed by atoms with Crippen LogP contribution in [-0.2, 0) is 6.42 Å². The summed E-state index contributed by atoms with van der Waals surface area (Å²) in [7, 11) is 4.82. The van der Waals surface area contributed by atoms with Gasteiger partial charge in [-0.1, -0.05) is 36.4 Å². The lowest BCUT2D eigenvalue weighted by atomic mass is 10.00. The van der Waals surface area contributed by atoms with Crippen LogP contribution in [-0.4, -0.2) is 31.3 Å². The number of aromatic amines is 1. The van der Waals surface area contributed by atoms with Gasteiger partial charge in [0.05, 0.1) is 32.4 Å². The largest absolute Gasteiger partial charge is 0.493 e. The summed E-state index contributed by atoms with van der Waals surface area (Å²) in [4.78, 5) is 8.34. The molecule has 0 unspecified atom stereocenters. The van der Waals surface area contributed by atoms with Crippen LogP contribution in [0, 0.1) is 6.92 Å². The summed E-state index contributed by atoms with van der Waals surface area (Å²) in [6, 6.07) is 18.5. The van der Waals surface area contributed by atoms with E-state index in [0.717, 1.165) is 28.8 Å². The number of hydrogen-bond donors (Lipinski definition) is 1. The first-order chi connectivity index (χ1) is 14.1. The van der Waals surface area contributed by atoms with Gasteiger partial charge in [0.2, 0.25) is 5.75 Å². The van der Waals surface area contributed by atoms with Gasteiger partial charge in [-0.05, 0) is 48.2 Å². The molecule has 1 aromatic heterocycles. The van der Waals surface area contributed by atoms with Crippen LogP contribution in [0.4, 0.5) is 0 Å². The molecule has 0 spiro atoms. The number of benzene rings is 3. The molecule has 148 valence electrons. The predicted octanol–water partition coefficient (Wildman–Crippen LogP) is 5.15. The summed E-state index contributed by atoms with van der Waals surface area (Å²) in [5.41, 5.74) is 6.62. The third-order valence-electron chi connectivity index (χ3n) is 5.18. The van der Waals surface area contributed by atoms with Gasteiger partial charge in [-0.15, -0.1) is 0 Å². The van der Waals surface area contributed by atoms with E-state index < -0.39 is 0 Å². The first-order valence-corrected chi connectivity index (χ1v) is 9.47. The minimum atomic E-state index is 0.565. The van der Waals surface area contributed by atoms with E-state index >= 15 is 0 Å². The molecule has 29 heavy (non-hydrogen) atoms. The van der Waals surface area contributed by atoms with E-state index in [2.05, 4.69) is 48.3 Å². The summed E-state index contributed by atoms with van der Waals surface area (Å²) in [5.74, 6) is 2.52. The fourth-order valence-corrected chi connectivity index (χ4v) is 3.60. The van der Waals surface area contributed by atoms with Gasteiger partial charge in [-0.25, -0.2) is 4.98 Å². The third kappa shape index (κ3) is 3.51. The van der Waals surface area contributed by atoms with Gasteiger partial charge < -0.3 is 19.2 Å². The summed E-state index contributed by atoms with van der Waals surface area (Å²) in [5, 5.41) is 0. The second kappa shape index (κ2) is 7.87. The molecule has 1 N–H and O–H groups in total. The highest BCUT2D eigenvalue weighted by atomic mass is 16.5. The fraction of sp³-hybridized carbons (Fsp3) is 0.208. The van der Waals surface area contributed by atoms with E-state index in [0.29, 0.717) is 17.2 Å². The Bertz CT molecular complexity index is 1140. The molecular weight excluding hydrogens is 364 g/mol. The number of methoxy groups -OCH3 is 3. The zero-order chi connectivity index (χ0) is 20.4. The molecule has 5 heteroatoms. The standard InChI is InChI=1S/C24H24N2O3/c1-15-8-5-6-9-16(15)12-17-10-7-11-19-22(17)26-24(25-19)18-13-20(27-2)23(29-4)21(14-18)28-3/h5-11,13-14H,12H2,1-4H3,(H,25,26). The number of imidazole rings is 1. The Hall–Kier alpha value is -3.47. The number of ether oxygens (including phenoxy) is 3. The maximum atomic E-state index is 5.48. The minimum Gasteiger partial charge on any atom is -0.493 e. The molecule has 3 aromatic carbocycles. The van der Waals surface area contributed by atoms with Crippen molar-refractivity contribution in [3.8, 4) is 28.6 Å². The highest BCUT2D eigenvalue weighted by Crippen LogP contribution is 2.41. The number of H-pyrrole nitrogens is 1. The number of rotatable bonds is 6. The first-order valence-electron chi connectivity index (χ1n) is 9.47. The molecule has 0 aliphatic carbocycles. The van der Waals surface area contributed by atoms with Gasteiger partial charge >= 0.3 is 0 Å². The van der Waals surface area contributed by atoms with E-state index in [1.165, 1.54) is 16.7 Å². The molecule has 0 radical (unpaired) electrons. The number of fused-ring (bicyclic) bond motifs is 1. The van der Waals surface area contributed by atoms with Crippen molar-refractivity contribution < 1.29 is 14.2 Å². The summed E-state index contributed by atoms with van der Waals surface area (Å²) in [6.07, 6.45) is 0.837. The second-order valence-corrected chi connectivity index (χ2v) is 6.92. The van der Waals surface area contributed by atoms with E-state index in [9.17, 15) is 0 Å². The van der Waals surface area contributed by atoms with Crippen LogP contribution in [0.5, 0.6) is 17.2 Å². The van der Waals surface area contributed by atoms with E-state index in [1.807, 2.05) is 18.2 Å². The molecule has 0 atom stereocenters. The normalized spacial score (nSPS) is 10.9. The Morgan fingerprint density at radius 1 is 0.828 bits per heavy atom. The van der Waals surface area contributed by atoms with Crippen molar-refractivity contribution in [3.63, 3.8) is 0 Å². The molecule has 0 aliphatic rings. The highest BCUT2D eigenvalue weighted by molar-refractivity contribution is 5.83. The third-order valence-corrected chi connectivity index (χ3v) is 5.18. The molecule has 1 heterocycles. The minimum absolute atomic E-state index is 0.565. The Kier molecular flexibility index (Phi) is 5.12. The molecule has 0 saturated heterocycles. The molecule has 0 saturated carbocycles. The Morgan fingerprint density at radius 3 is 2.17 bits per heavy atom. The first kappa shape index (κ1) is 18.9. The van der Waals surface area contributed by atoms with E-state index in [-0.39, 0.29) is 0 Å². The van der Waals surface area contributed by atoms with Crippen LogP contribution < -0.4 is 14.2 Å². The van der Waals surface area contributed by atoms with Gasteiger partial charge in [-0.2, -0.15) is 0 Å². The average molecular weight is 388 g/mol. The van der Waals surface area contributed by atoms with Gasteiger partial charge in [0.25, 0.3) is 0 Å². The lowest BCUT2D eigenvalue weighted by Gasteiger charge is -2.13. The van der Waals surface area contributed by atoms with Crippen LogP contribution in [0.2, 0.25) is 0 Å². The molecule has 4 rings (SSSR count). The quantitative estimate of drug-likeness (QED) is 0.496. The highest BCUT2D eigenvalue weighted by Gasteiger charge is 2.17. The fourth-order valence-electron chi connectivity index (χ4n) is 3.60. The van der Waals surface area contributed by atoms with Crippen molar-refractivity contribution in [2.45, 2.75) is 13.3 Å². The topological polar surface area (TPSA) is 56.4 Å². The molecule has 5 nitrogen and oxygen atoms in total. The van der Waals surface area contributed by atoms with Crippen molar-refractivity contribution in [3.05, 3.63) is 71.3 Å². The number of aromatic nitrogens is 2. The van der Waals surface area contributed by atoms with Gasteiger partial charge in [0, 0.05) is 5.56 Å². The lowest BCUT2D eigenvalue weighted by Crippen LogP contribution is -1.96. The van der Waals surface area contributed by atoms with Crippen molar-refractivity contribution in [1.29, 1.82) is 0 Å². The maximum Gasteiger partial charge on any atom is 0.203 e. The van der Waals surface area contributed by atoms with Crippen molar-refractivity contribution in [1.82, 2.24) is 9.97 Å². The van der Waals surface area contributed by atoms with Gasteiger partial charge in [0.15, 0.2) is 11.5 Å². The summed E-state index contributed by atoms with van der Waals surface area (Å²) < 4.78 is 16.4. The summed E-state index contributed by atoms with van der Waals surface area (Å²) >= 11 is 0. The molecular formula is C24H24N2O3. The Balaban J connectivity index is 1.80. The maximum absolute atomic E-state index is 5.48. The summed E-state index contributed by atoms with van der Waals surface area (Å²) in [6.45, 7) is 2.14. The van der Waals surface area contributed by atoms with Crippen molar-refractivity contribution in [2.75, 3.05) is 21.3 Å². The zero-order valence-corrected chi connectivity index (χ0v) is 17.1. The van der Waals surface area contributed by atoms with Crippen LogP contribution in [0.25, 0.3) is 22.4 Å². The number of aryl methyl sites for hydroxylation is 1. The number of nitrogens with zero attached hydrogens (tertiary/aromatic N) is 1. The van der Waals surface area contributed by atoms with Crippen LogP contribution in [0.1, 0.15) is 16.7 Å². The van der Waals surface area contributed by atoms with Crippen molar-refractivity contribution in [2.24, 2.45) is 0 Å². The smallest absolute Gasteiger partial charge is 0.203 e.